The first-order valence-electron chi connectivity index (χ1n) is 19.7. The molecular formula is C49H65N5O. The predicted molar refractivity (Wildman–Crippen MR) is 239 cm³/mol. The largest absolute Gasteiger partial charge is 0.453 e. The molecule has 0 N–H and O–H groups in total. The molecule has 0 atom stereocenters. The Bertz CT molecular complexity index is 1950. The number of ether oxygens (including phenoxy) is 1. The number of nitriles is 2. The first-order chi connectivity index (χ1) is 26.6. The average molecular weight is 740 g/mol. The molecule has 6 rings (SSSR count). The summed E-state index contributed by atoms with van der Waals surface area (Å²) in [6.45, 7) is 34.1. The summed E-state index contributed by atoms with van der Waals surface area (Å²) in [5.74, 6) is 2.31. The van der Waals surface area contributed by atoms with Crippen LogP contribution >= 0.6 is 0 Å². The Morgan fingerprint density at radius 3 is 1.78 bits per heavy atom. The van der Waals surface area contributed by atoms with Gasteiger partial charge in [0.2, 0.25) is 0 Å². The number of nitrogens with zero attached hydrogens (tertiary/aromatic N) is 5. The molecule has 1 aromatic heterocycles. The smallest absolute Gasteiger partial charge is 0.177 e. The highest BCUT2D eigenvalue weighted by Crippen LogP contribution is 2.47. The molecule has 2 aliphatic rings. The Hall–Kier alpha value is -5.72. The molecule has 1 aliphatic heterocycles. The predicted octanol–water partition coefficient (Wildman–Crippen LogP) is 14.3. The molecule has 6 heteroatoms. The van der Waals surface area contributed by atoms with Crippen LogP contribution < -0.4 is 9.64 Å². The van der Waals surface area contributed by atoms with Gasteiger partial charge in [0.05, 0.1) is 22.8 Å². The summed E-state index contributed by atoms with van der Waals surface area (Å²) < 4.78 is 5.79. The fourth-order valence-electron chi connectivity index (χ4n) is 5.49. The van der Waals surface area contributed by atoms with Gasteiger partial charge in [0, 0.05) is 23.6 Å². The second-order valence-corrected chi connectivity index (χ2v) is 11.8. The summed E-state index contributed by atoms with van der Waals surface area (Å²) in [7, 11) is 2.03. The molecular weight excluding hydrogens is 675 g/mol. The summed E-state index contributed by atoms with van der Waals surface area (Å²) in [4.78, 5) is 10.9. The minimum Gasteiger partial charge on any atom is -0.453 e. The SMILES string of the molecule is C=C/C=C\C(C)C.C=CC1=C(/C=C\C)N(C)c2ccccc2O1.CC.CC.CC.CCC.CCc1ccc2c3c(ccc(C)c13)-c1nc(C#N)c(C#N)nc1-2. The maximum atomic E-state index is 9.21. The number of hydrogen-bond donors (Lipinski definition) is 0. The van der Waals surface area contributed by atoms with Crippen molar-refractivity contribution >= 4 is 16.5 Å². The fraction of sp³-hybridized carbons (Fsp3) is 0.347. The highest BCUT2D eigenvalue weighted by atomic mass is 16.5. The van der Waals surface area contributed by atoms with Crippen LogP contribution in [-0.2, 0) is 6.42 Å². The molecule has 0 fully saturated rings. The minimum atomic E-state index is 0.0866. The number of aryl methyl sites for hydroxylation is 2. The molecule has 0 unspecified atom stereocenters. The standard InChI is InChI=1S/C19H12N4.C14H15NO.C7H12.C3H8.3C2H6/c1-3-11-5-7-13-17-12(6-4-10(2)16(11)17)18-19(13)23-15(9-21)14(8-20)22-18;1-4-8-11-13(5-2)16-14-10-7-6-9-12(14)15(11)3;1-4-5-6-7(2)3;1-3-2;3*1-2/h4-7H,3H2,1-2H3;4-10H,2H2,1,3H3;4-7H,1H2,2-3H3;3H2,1-2H3;3*1-2H3/b;8-4-;6-5-;;;;. The van der Waals surface area contributed by atoms with Gasteiger partial charge in [0.1, 0.15) is 12.1 Å². The van der Waals surface area contributed by atoms with Gasteiger partial charge in [-0.1, -0.05) is 156 Å². The normalized spacial score (nSPS) is 11.0. The van der Waals surface area contributed by atoms with Gasteiger partial charge in [-0.05, 0) is 67.0 Å². The van der Waals surface area contributed by atoms with Crippen LogP contribution in [-0.4, -0.2) is 17.0 Å². The summed E-state index contributed by atoms with van der Waals surface area (Å²) in [6.07, 6.45) is 13.8. The second kappa shape index (κ2) is 27.0. The summed E-state index contributed by atoms with van der Waals surface area (Å²) in [5.41, 5.74) is 8.18. The fourth-order valence-corrected chi connectivity index (χ4v) is 5.49. The molecule has 55 heavy (non-hydrogen) atoms. The lowest BCUT2D eigenvalue weighted by Gasteiger charge is -2.29. The summed E-state index contributed by atoms with van der Waals surface area (Å²) >= 11 is 0. The minimum absolute atomic E-state index is 0.0866. The van der Waals surface area contributed by atoms with Gasteiger partial charge in [-0.25, -0.2) is 9.97 Å². The molecule has 1 aliphatic carbocycles. The van der Waals surface area contributed by atoms with Gasteiger partial charge in [-0.3, -0.25) is 0 Å². The average Bonchev–Trinajstić information content (AvgIpc) is 3.54. The Balaban J connectivity index is 0.000000793. The zero-order valence-corrected chi connectivity index (χ0v) is 36.1. The number of rotatable bonds is 5. The third-order valence-electron chi connectivity index (χ3n) is 7.66. The molecule has 0 saturated carbocycles. The van der Waals surface area contributed by atoms with Crippen molar-refractivity contribution < 1.29 is 4.74 Å². The zero-order chi connectivity index (χ0) is 42.1. The topological polar surface area (TPSA) is 85.8 Å². The summed E-state index contributed by atoms with van der Waals surface area (Å²) in [6, 6.07) is 20.2. The van der Waals surface area contributed by atoms with E-state index < -0.39 is 0 Å². The highest BCUT2D eigenvalue weighted by Gasteiger charge is 2.27. The number of benzene rings is 3. The van der Waals surface area contributed by atoms with Crippen molar-refractivity contribution in [2.24, 2.45) is 5.92 Å². The molecule has 0 bridgehead atoms. The molecule has 292 valence electrons. The molecule has 0 radical (unpaired) electrons. The van der Waals surface area contributed by atoms with Crippen molar-refractivity contribution in [1.82, 2.24) is 9.97 Å². The highest BCUT2D eigenvalue weighted by molar-refractivity contribution is 6.15. The third kappa shape index (κ3) is 12.7. The van der Waals surface area contributed by atoms with Crippen LogP contribution in [0.1, 0.15) is 112 Å². The number of para-hydroxylation sites is 2. The van der Waals surface area contributed by atoms with Crippen LogP contribution in [0.2, 0.25) is 0 Å². The zero-order valence-electron chi connectivity index (χ0n) is 36.1. The van der Waals surface area contributed by atoms with Gasteiger partial charge in [-0.15, -0.1) is 0 Å². The van der Waals surface area contributed by atoms with Gasteiger partial charge in [0.25, 0.3) is 0 Å². The first kappa shape index (κ1) is 49.3. The quantitative estimate of drug-likeness (QED) is 0.167. The molecule has 3 aromatic carbocycles. The van der Waals surface area contributed by atoms with E-state index in [0.29, 0.717) is 17.3 Å². The maximum Gasteiger partial charge on any atom is 0.177 e. The Morgan fingerprint density at radius 1 is 0.818 bits per heavy atom. The van der Waals surface area contributed by atoms with E-state index in [4.69, 9.17) is 4.74 Å². The van der Waals surface area contributed by atoms with Crippen LogP contribution in [0.4, 0.5) is 5.69 Å². The lowest BCUT2D eigenvalue weighted by Crippen LogP contribution is -2.23. The molecule has 0 amide bonds. The van der Waals surface area contributed by atoms with Crippen LogP contribution in [0, 0.1) is 35.5 Å². The van der Waals surface area contributed by atoms with Crippen LogP contribution in [0.25, 0.3) is 33.3 Å². The lowest BCUT2D eigenvalue weighted by molar-refractivity contribution is 0.429. The number of fused-ring (bicyclic) bond motifs is 4. The van der Waals surface area contributed by atoms with Crippen molar-refractivity contribution in [2.75, 3.05) is 11.9 Å². The van der Waals surface area contributed by atoms with Crippen molar-refractivity contribution in [1.29, 1.82) is 10.5 Å². The van der Waals surface area contributed by atoms with E-state index in [1.807, 2.05) is 116 Å². The van der Waals surface area contributed by atoms with E-state index in [9.17, 15) is 10.5 Å². The van der Waals surface area contributed by atoms with Crippen LogP contribution in [0.3, 0.4) is 0 Å². The number of likely N-dealkylation sites (N-methyl/N-ethyl adjacent to an activating group) is 1. The van der Waals surface area contributed by atoms with Gasteiger partial charge >= 0.3 is 0 Å². The van der Waals surface area contributed by atoms with Gasteiger partial charge in [-0.2, -0.15) is 10.5 Å². The number of allylic oxidation sites excluding steroid dienone is 6. The molecule has 4 aromatic rings. The van der Waals surface area contributed by atoms with Crippen molar-refractivity contribution in [3.8, 4) is 40.4 Å². The lowest BCUT2D eigenvalue weighted by atomic mass is 9.94. The maximum absolute atomic E-state index is 9.21. The summed E-state index contributed by atoms with van der Waals surface area (Å²) in [5, 5.41) is 20.8. The second-order valence-electron chi connectivity index (χ2n) is 11.8. The molecule has 0 spiro atoms. The van der Waals surface area contributed by atoms with E-state index in [2.05, 4.69) is 93.8 Å². The van der Waals surface area contributed by atoms with E-state index in [1.54, 1.807) is 12.2 Å². The van der Waals surface area contributed by atoms with Gasteiger partial charge < -0.3 is 9.64 Å². The Labute approximate surface area is 333 Å². The monoisotopic (exact) mass is 740 g/mol. The van der Waals surface area contributed by atoms with Crippen LogP contribution in [0.5, 0.6) is 5.75 Å². The van der Waals surface area contributed by atoms with Crippen molar-refractivity contribution in [3.05, 3.63) is 132 Å². The molecule has 6 nitrogen and oxygen atoms in total. The van der Waals surface area contributed by atoms with Crippen molar-refractivity contribution in [2.45, 2.75) is 103 Å². The number of anilines is 1. The van der Waals surface area contributed by atoms with E-state index in [0.717, 1.165) is 45.8 Å². The van der Waals surface area contributed by atoms with Crippen LogP contribution in [0.15, 0.2) is 110 Å². The molecule has 2 heterocycles. The van der Waals surface area contributed by atoms with E-state index in [-0.39, 0.29) is 11.4 Å². The number of hydrogen-bond acceptors (Lipinski definition) is 6. The van der Waals surface area contributed by atoms with Gasteiger partial charge in [0.15, 0.2) is 22.9 Å². The first-order valence-corrected chi connectivity index (χ1v) is 19.7. The number of aromatic nitrogens is 2. The molecule has 0 saturated heterocycles. The Kier molecular flexibility index (Phi) is 24.1. The third-order valence-corrected chi connectivity index (χ3v) is 7.66. The van der Waals surface area contributed by atoms with Crippen molar-refractivity contribution in [3.63, 3.8) is 0 Å². The van der Waals surface area contributed by atoms with E-state index >= 15 is 0 Å². The Morgan fingerprint density at radius 2 is 1.35 bits per heavy atom. The van der Waals surface area contributed by atoms with E-state index in [1.165, 1.54) is 22.9 Å².